The summed E-state index contributed by atoms with van der Waals surface area (Å²) in [4.78, 5) is 26.1. The third kappa shape index (κ3) is 4.05. The largest absolute Gasteiger partial charge is 0.351 e. The van der Waals surface area contributed by atoms with Gasteiger partial charge in [0.05, 0.1) is 5.69 Å². The molecule has 20 heavy (non-hydrogen) atoms. The predicted octanol–water partition coefficient (Wildman–Crippen LogP) is 1.78. The summed E-state index contributed by atoms with van der Waals surface area (Å²) >= 11 is 1.35. The molecule has 2 amide bonds. The van der Waals surface area contributed by atoms with Crippen molar-refractivity contribution < 1.29 is 9.59 Å². The summed E-state index contributed by atoms with van der Waals surface area (Å²) in [5.74, 6) is 0.255. The molecule has 1 aromatic heterocycles. The molecular formula is C14H21N3O2S. The zero-order chi connectivity index (χ0) is 14.5. The molecule has 0 saturated carbocycles. The molecule has 1 saturated heterocycles. The molecule has 1 fully saturated rings. The zero-order valence-corrected chi connectivity index (χ0v) is 12.8. The molecule has 0 radical (unpaired) electrons. The van der Waals surface area contributed by atoms with Gasteiger partial charge in [0, 0.05) is 20.0 Å². The van der Waals surface area contributed by atoms with Crippen molar-refractivity contribution >= 4 is 28.8 Å². The molecule has 0 unspecified atom stereocenters. The maximum absolute atomic E-state index is 12.2. The molecule has 5 nitrogen and oxygen atoms in total. The molecule has 0 aromatic carbocycles. The lowest BCUT2D eigenvalue weighted by Gasteiger charge is -2.29. The number of carbonyl (C=O) groups excluding carboxylic acids is 2. The third-order valence-corrected chi connectivity index (χ3v) is 4.37. The normalized spacial score (nSPS) is 19.6. The molecule has 1 atom stereocenters. The molecule has 1 aliphatic heterocycles. The number of hydrogen-bond donors (Lipinski definition) is 2. The standard InChI is InChI=1S/C14H21N3O2S/c1-10(18)16-12-5-7-20-13(12)14(19)15-8-11-4-3-6-17(2)9-11/h5,7,11H,3-4,6,8-9H2,1-2H3,(H,15,19)(H,16,18)/t11-/m0/s1. The lowest BCUT2D eigenvalue weighted by Crippen LogP contribution is -2.39. The smallest absolute Gasteiger partial charge is 0.263 e. The van der Waals surface area contributed by atoms with E-state index in [4.69, 9.17) is 0 Å². The first-order chi connectivity index (χ1) is 9.56. The Hall–Kier alpha value is -1.40. The number of amides is 2. The van der Waals surface area contributed by atoms with E-state index in [0.717, 1.165) is 19.5 Å². The molecule has 2 heterocycles. The van der Waals surface area contributed by atoms with E-state index in [9.17, 15) is 9.59 Å². The zero-order valence-electron chi connectivity index (χ0n) is 11.9. The topological polar surface area (TPSA) is 61.4 Å². The van der Waals surface area contributed by atoms with E-state index in [1.54, 1.807) is 6.07 Å². The molecule has 0 aliphatic carbocycles. The predicted molar refractivity (Wildman–Crippen MR) is 81.2 cm³/mol. The highest BCUT2D eigenvalue weighted by Crippen LogP contribution is 2.22. The number of nitrogens with one attached hydrogen (secondary N) is 2. The van der Waals surface area contributed by atoms with Crippen molar-refractivity contribution in [3.05, 3.63) is 16.3 Å². The average Bonchev–Trinajstić information content (AvgIpc) is 2.83. The van der Waals surface area contributed by atoms with Crippen LogP contribution in [0.1, 0.15) is 29.4 Å². The summed E-state index contributed by atoms with van der Waals surface area (Å²) in [6.07, 6.45) is 2.35. The van der Waals surface area contributed by atoms with E-state index < -0.39 is 0 Å². The number of likely N-dealkylation sites (tertiary alicyclic amines) is 1. The summed E-state index contributed by atoms with van der Waals surface area (Å²) in [6, 6.07) is 1.76. The second kappa shape index (κ2) is 6.85. The second-order valence-corrected chi connectivity index (χ2v) is 6.24. The van der Waals surface area contributed by atoms with Crippen molar-refractivity contribution in [2.45, 2.75) is 19.8 Å². The van der Waals surface area contributed by atoms with E-state index in [2.05, 4.69) is 22.6 Å². The molecule has 6 heteroatoms. The lowest BCUT2D eigenvalue weighted by atomic mass is 9.98. The van der Waals surface area contributed by atoms with Crippen LogP contribution in [0.2, 0.25) is 0 Å². The minimum atomic E-state index is -0.161. The van der Waals surface area contributed by atoms with Crippen LogP contribution in [0.25, 0.3) is 0 Å². The Labute approximate surface area is 123 Å². The van der Waals surface area contributed by atoms with E-state index in [1.165, 1.54) is 24.7 Å². The summed E-state index contributed by atoms with van der Waals surface area (Å²) in [5.41, 5.74) is 0.598. The van der Waals surface area contributed by atoms with Gasteiger partial charge in [0.2, 0.25) is 5.91 Å². The van der Waals surface area contributed by atoms with Gasteiger partial charge in [0.25, 0.3) is 5.91 Å². The molecule has 0 spiro atoms. The summed E-state index contributed by atoms with van der Waals surface area (Å²) in [6.45, 7) is 4.31. The maximum Gasteiger partial charge on any atom is 0.263 e. The Morgan fingerprint density at radius 2 is 2.30 bits per heavy atom. The van der Waals surface area contributed by atoms with Gasteiger partial charge in [-0.1, -0.05) is 0 Å². The third-order valence-electron chi connectivity index (χ3n) is 3.46. The van der Waals surface area contributed by atoms with Crippen LogP contribution in [-0.4, -0.2) is 43.4 Å². The van der Waals surface area contributed by atoms with Crippen molar-refractivity contribution in [1.29, 1.82) is 0 Å². The number of piperidine rings is 1. The van der Waals surface area contributed by atoms with Gasteiger partial charge in [-0.25, -0.2) is 0 Å². The second-order valence-electron chi connectivity index (χ2n) is 5.33. The first-order valence-corrected chi connectivity index (χ1v) is 7.76. The summed E-state index contributed by atoms with van der Waals surface area (Å²) in [5, 5.41) is 7.48. The fraction of sp³-hybridized carbons (Fsp3) is 0.571. The Morgan fingerprint density at radius 1 is 1.50 bits per heavy atom. The van der Waals surface area contributed by atoms with Crippen LogP contribution in [0.15, 0.2) is 11.4 Å². The van der Waals surface area contributed by atoms with Crippen LogP contribution in [0.5, 0.6) is 0 Å². The first-order valence-electron chi connectivity index (χ1n) is 6.88. The number of anilines is 1. The van der Waals surface area contributed by atoms with Crippen LogP contribution in [-0.2, 0) is 4.79 Å². The minimum Gasteiger partial charge on any atom is -0.351 e. The molecule has 2 rings (SSSR count). The Bertz CT molecular complexity index is 487. The number of nitrogens with zero attached hydrogens (tertiary/aromatic N) is 1. The van der Waals surface area contributed by atoms with Crippen LogP contribution in [0.4, 0.5) is 5.69 Å². The molecule has 1 aromatic rings. The van der Waals surface area contributed by atoms with Crippen LogP contribution in [0.3, 0.4) is 0 Å². The molecule has 0 bridgehead atoms. The molecule has 110 valence electrons. The Morgan fingerprint density at radius 3 is 3.00 bits per heavy atom. The van der Waals surface area contributed by atoms with Crippen LogP contribution >= 0.6 is 11.3 Å². The Balaban J connectivity index is 1.88. The highest BCUT2D eigenvalue weighted by Gasteiger charge is 2.19. The Kier molecular flexibility index (Phi) is 5.14. The highest BCUT2D eigenvalue weighted by atomic mass is 32.1. The van der Waals surface area contributed by atoms with E-state index >= 15 is 0 Å². The number of carbonyl (C=O) groups is 2. The van der Waals surface area contributed by atoms with Gasteiger partial charge in [0.15, 0.2) is 0 Å². The minimum absolute atomic E-state index is 0.100. The first kappa shape index (κ1) is 15.0. The average molecular weight is 295 g/mol. The van der Waals surface area contributed by atoms with Crippen molar-refractivity contribution in [2.24, 2.45) is 5.92 Å². The van der Waals surface area contributed by atoms with Gasteiger partial charge in [-0.3, -0.25) is 9.59 Å². The highest BCUT2D eigenvalue weighted by molar-refractivity contribution is 7.12. The van der Waals surface area contributed by atoms with E-state index in [-0.39, 0.29) is 11.8 Å². The van der Waals surface area contributed by atoms with Gasteiger partial charge >= 0.3 is 0 Å². The fourth-order valence-corrected chi connectivity index (χ4v) is 3.30. The van der Waals surface area contributed by atoms with Gasteiger partial charge in [0.1, 0.15) is 4.88 Å². The molecular weight excluding hydrogens is 274 g/mol. The molecule has 2 N–H and O–H groups in total. The van der Waals surface area contributed by atoms with Gasteiger partial charge in [-0.05, 0) is 43.8 Å². The SMILES string of the molecule is CC(=O)Nc1ccsc1C(=O)NC[C@@H]1CCCN(C)C1. The monoisotopic (exact) mass is 295 g/mol. The van der Waals surface area contributed by atoms with Crippen molar-refractivity contribution in [1.82, 2.24) is 10.2 Å². The number of hydrogen-bond acceptors (Lipinski definition) is 4. The fourth-order valence-electron chi connectivity index (χ4n) is 2.53. The van der Waals surface area contributed by atoms with Crippen LogP contribution < -0.4 is 10.6 Å². The van der Waals surface area contributed by atoms with Crippen LogP contribution in [0, 0.1) is 5.92 Å². The number of rotatable bonds is 4. The van der Waals surface area contributed by atoms with E-state index in [0.29, 0.717) is 23.0 Å². The quantitative estimate of drug-likeness (QED) is 0.890. The summed E-state index contributed by atoms with van der Waals surface area (Å²) < 4.78 is 0. The van der Waals surface area contributed by atoms with Crippen molar-refractivity contribution in [3.63, 3.8) is 0 Å². The summed E-state index contributed by atoms with van der Waals surface area (Å²) in [7, 11) is 2.11. The molecule has 1 aliphatic rings. The van der Waals surface area contributed by atoms with Gasteiger partial charge in [-0.15, -0.1) is 11.3 Å². The lowest BCUT2D eigenvalue weighted by molar-refractivity contribution is -0.114. The van der Waals surface area contributed by atoms with E-state index in [1.807, 2.05) is 5.38 Å². The van der Waals surface area contributed by atoms with Gasteiger partial charge in [-0.2, -0.15) is 0 Å². The van der Waals surface area contributed by atoms with Gasteiger partial charge < -0.3 is 15.5 Å². The number of thiophene rings is 1. The van der Waals surface area contributed by atoms with Crippen molar-refractivity contribution in [2.75, 3.05) is 32.0 Å². The maximum atomic E-state index is 12.2. The van der Waals surface area contributed by atoms with Crippen molar-refractivity contribution in [3.8, 4) is 0 Å².